The maximum absolute atomic E-state index is 5.67. The summed E-state index contributed by atoms with van der Waals surface area (Å²) < 4.78 is 5.67. The van der Waals surface area contributed by atoms with Gasteiger partial charge in [0.1, 0.15) is 5.76 Å². The van der Waals surface area contributed by atoms with Crippen molar-refractivity contribution in [1.29, 1.82) is 0 Å². The highest BCUT2D eigenvalue weighted by atomic mass is 16.4. The number of rotatable bonds is 4. The monoisotopic (exact) mass is 270 g/mol. The Morgan fingerprint density at radius 2 is 2.20 bits per heavy atom. The Bertz CT molecular complexity index is 562. The number of aromatic nitrogens is 1. The van der Waals surface area contributed by atoms with Crippen molar-refractivity contribution in [3.63, 3.8) is 0 Å². The van der Waals surface area contributed by atoms with Gasteiger partial charge in [-0.05, 0) is 30.4 Å². The van der Waals surface area contributed by atoms with Crippen LogP contribution < -0.4 is 5.32 Å². The van der Waals surface area contributed by atoms with Gasteiger partial charge in [-0.2, -0.15) is 0 Å². The minimum atomic E-state index is 0.422. The van der Waals surface area contributed by atoms with Crippen LogP contribution in [0.3, 0.4) is 0 Å². The van der Waals surface area contributed by atoms with E-state index in [-0.39, 0.29) is 0 Å². The van der Waals surface area contributed by atoms with Crippen molar-refractivity contribution in [3.8, 4) is 0 Å². The Morgan fingerprint density at radius 1 is 1.30 bits per heavy atom. The highest BCUT2D eigenvalue weighted by Crippen LogP contribution is 2.28. The molecule has 1 aliphatic carbocycles. The van der Waals surface area contributed by atoms with Gasteiger partial charge >= 0.3 is 0 Å². The molecule has 1 aliphatic rings. The molecule has 0 aliphatic heterocycles. The summed E-state index contributed by atoms with van der Waals surface area (Å²) in [6, 6.07) is 9.22. The smallest absolute Gasteiger partial charge is 0.208 e. The molecule has 0 saturated heterocycles. The fraction of sp³-hybridized carbons (Fsp3) is 0.471. The van der Waals surface area contributed by atoms with Crippen molar-refractivity contribution in [1.82, 2.24) is 10.3 Å². The molecule has 0 saturated carbocycles. The van der Waals surface area contributed by atoms with E-state index < -0.39 is 0 Å². The molecule has 1 heterocycles. The van der Waals surface area contributed by atoms with E-state index in [1.165, 1.54) is 36.8 Å². The second kappa shape index (κ2) is 6.23. The molecule has 0 bridgehead atoms. The van der Waals surface area contributed by atoms with Gasteiger partial charge in [-0.15, -0.1) is 0 Å². The minimum absolute atomic E-state index is 0.422. The van der Waals surface area contributed by atoms with Gasteiger partial charge < -0.3 is 9.73 Å². The molecule has 3 heteroatoms. The lowest BCUT2D eigenvalue weighted by atomic mass is 9.99. The van der Waals surface area contributed by atoms with Gasteiger partial charge in [-0.25, -0.2) is 4.98 Å². The van der Waals surface area contributed by atoms with E-state index in [1.54, 1.807) is 0 Å². The van der Waals surface area contributed by atoms with Crippen LogP contribution in [0.1, 0.15) is 55.0 Å². The third-order valence-corrected chi connectivity index (χ3v) is 4.07. The average Bonchev–Trinajstić information content (AvgIpc) is 2.85. The Morgan fingerprint density at radius 3 is 3.05 bits per heavy atom. The first-order chi connectivity index (χ1) is 9.86. The molecule has 0 fully saturated rings. The highest BCUT2D eigenvalue weighted by Gasteiger charge is 2.18. The van der Waals surface area contributed by atoms with Crippen LogP contribution in [0.2, 0.25) is 0 Å². The predicted octanol–water partition coefficient (Wildman–Crippen LogP) is 3.79. The lowest BCUT2D eigenvalue weighted by Gasteiger charge is -2.18. The van der Waals surface area contributed by atoms with E-state index in [2.05, 4.69) is 41.5 Å². The number of aryl methyl sites for hydroxylation is 2. The van der Waals surface area contributed by atoms with Crippen molar-refractivity contribution in [3.05, 3.63) is 53.2 Å². The first kappa shape index (κ1) is 13.4. The molecule has 1 N–H and O–H groups in total. The molecule has 3 nitrogen and oxygen atoms in total. The maximum atomic E-state index is 5.67. The van der Waals surface area contributed by atoms with Gasteiger partial charge in [0.25, 0.3) is 0 Å². The number of nitrogens with zero attached hydrogens (tertiary/aromatic N) is 1. The number of oxazole rings is 1. The van der Waals surface area contributed by atoms with Crippen LogP contribution in [0.25, 0.3) is 0 Å². The molecule has 1 aromatic carbocycles. The van der Waals surface area contributed by atoms with Crippen LogP contribution in [0.4, 0.5) is 0 Å². The molecule has 0 amide bonds. The van der Waals surface area contributed by atoms with Gasteiger partial charge in [0, 0.05) is 12.5 Å². The quantitative estimate of drug-likeness (QED) is 0.859. The Kier molecular flexibility index (Phi) is 4.16. The summed E-state index contributed by atoms with van der Waals surface area (Å²) in [7, 11) is 0. The van der Waals surface area contributed by atoms with Crippen molar-refractivity contribution in [2.75, 3.05) is 0 Å². The zero-order valence-corrected chi connectivity index (χ0v) is 12.1. The normalized spacial score (nSPS) is 18.6. The molecule has 0 spiro atoms. The average molecular weight is 270 g/mol. The molecule has 106 valence electrons. The molecule has 1 aromatic heterocycles. The third-order valence-electron chi connectivity index (χ3n) is 4.07. The zero-order valence-electron chi connectivity index (χ0n) is 12.1. The van der Waals surface area contributed by atoms with Crippen LogP contribution in [0.15, 0.2) is 34.9 Å². The predicted molar refractivity (Wildman–Crippen MR) is 79.5 cm³/mol. The maximum Gasteiger partial charge on any atom is 0.208 e. The fourth-order valence-electron chi connectivity index (χ4n) is 2.94. The number of benzene rings is 1. The van der Waals surface area contributed by atoms with Crippen LogP contribution >= 0.6 is 0 Å². The summed E-state index contributed by atoms with van der Waals surface area (Å²) in [6.07, 6.45) is 7.69. The largest absolute Gasteiger partial charge is 0.444 e. The molecule has 1 atom stereocenters. The standard InChI is InChI=1S/C17H22N2O/c1-2-14-11-19-17(20-14)12-18-16-10-6-4-8-13-7-3-5-9-15(13)16/h3,5,7,9,11,16,18H,2,4,6,8,10,12H2,1H3. The van der Waals surface area contributed by atoms with Crippen LogP contribution in [0.5, 0.6) is 0 Å². The van der Waals surface area contributed by atoms with Crippen molar-refractivity contribution in [2.45, 2.75) is 51.6 Å². The molecule has 0 radical (unpaired) electrons. The summed E-state index contributed by atoms with van der Waals surface area (Å²) in [6.45, 7) is 2.79. The molecular weight excluding hydrogens is 248 g/mol. The van der Waals surface area contributed by atoms with Crippen LogP contribution in [-0.4, -0.2) is 4.98 Å². The summed E-state index contributed by atoms with van der Waals surface area (Å²) in [5.74, 6) is 1.76. The van der Waals surface area contributed by atoms with Gasteiger partial charge in [0.2, 0.25) is 5.89 Å². The summed E-state index contributed by atoms with van der Waals surface area (Å²) >= 11 is 0. The van der Waals surface area contributed by atoms with E-state index in [9.17, 15) is 0 Å². The fourth-order valence-corrected chi connectivity index (χ4v) is 2.94. The third kappa shape index (κ3) is 2.93. The van der Waals surface area contributed by atoms with Crippen molar-refractivity contribution >= 4 is 0 Å². The SMILES string of the molecule is CCc1cnc(CNC2CCCCc3ccccc32)o1. The molecule has 1 unspecified atom stereocenters. The highest BCUT2D eigenvalue weighted by molar-refractivity contribution is 5.31. The molecule has 2 aromatic rings. The Labute approximate surface area is 120 Å². The summed E-state index contributed by atoms with van der Waals surface area (Å²) in [5.41, 5.74) is 2.94. The lowest BCUT2D eigenvalue weighted by molar-refractivity contribution is 0.407. The number of fused-ring (bicyclic) bond motifs is 1. The van der Waals surface area contributed by atoms with Crippen molar-refractivity contribution < 1.29 is 4.42 Å². The Hall–Kier alpha value is -1.61. The molecule has 20 heavy (non-hydrogen) atoms. The van der Waals surface area contributed by atoms with Gasteiger partial charge in [-0.3, -0.25) is 0 Å². The van der Waals surface area contributed by atoms with E-state index in [0.29, 0.717) is 12.6 Å². The van der Waals surface area contributed by atoms with Gasteiger partial charge in [0.15, 0.2) is 0 Å². The summed E-state index contributed by atoms with van der Waals surface area (Å²) in [5, 5.41) is 3.62. The van der Waals surface area contributed by atoms with E-state index in [0.717, 1.165) is 18.1 Å². The second-order valence-electron chi connectivity index (χ2n) is 5.45. The van der Waals surface area contributed by atoms with Gasteiger partial charge in [0.05, 0.1) is 12.7 Å². The van der Waals surface area contributed by atoms with Gasteiger partial charge in [-0.1, -0.05) is 37.6 Å². The molecule has 3 rings (SSSR count). The van der Waals surface area contributed by atoms with E-state index in [4.69, 9.17) is 4.42 Å². The molecular formula is C17H22N2O. The lowest BCUT2D eigenvalue weighted by Crippen LogP contribution is -2.21. The van der Waals surface area contributed by atoms with E-state index >= 15 is 0 Å². The first-order valence-electron chi connectivity index (χ1n) is 7.61. The van der Waals surface area contributed by atoms with Crippen LogP contribution in [-0.2, 0) is 19.4 Å². The topological polar surface area (TPSA) is 38.1 Å². The number of hydrogen-bond donors (Lipinski definition) is 1. The number of nitrogens with one attached hydrogen (secondary N) is 1. The van der Waals surface area contributed by atoms with E-state index in [1.807, 2.05) is 6.20 Å². The zero-order chi connectivity index (χ0) is 13.8. The minimum Gasteiger partial charge on any atom is -0.444 e. The van der Waals surface area contributed by atoms with Crippen molar-refractivity contribution in [2.24, 2.45) is 0 Å². The first-order valence-corrected chi connectivity index (χ1v) is 7.61. The summed E-state index contributed by atoms with van der Waals surface area (Å²) in [4.78, 5) is 4.32. The van der Waals surface area contributed by atoms with Crippen LogP contribution in [0, 0.1) is 0 Å². The Balaban J connectivity index is 1.70. The second-order valence-corrected chi connectivity index (χ2v) is 5.45. The number of hydrogen-bond acceptors (Lipinski definition) is 3.